The lowest BCUT2D eigenvalue weighted by atomic mass is 9.87. The SMILES string of the molecule is C[C@H](NCc1ccc(OCc2ccccc2)c2c1CCCC2)C(N)=O. The van der Waals surface area contributed by atoms with Gasteiger partial charge in [0, 0.05) is 6.54 Å². The molecule has 25 heavy (non-hydrogen) atoms. The highest BCUT2D eigenvalue weighted by atomic mass is 16.5. The lowest BCUT2D eigenvalue weighted by molar-refractivity contribution is -0.119. The molecule has 2 aromatic carbocycles. The zero-order valence-corrected chi connectivity index (χ0v) is 14.8. The van der Waals surface area contributed by atoms with E-state index in [1.54, 1.807) is 6.92 Å². The summed E-state index contributed by atoms with van der Waals surface area (Å²) in [6.45, 7) is 3.04. The van der Waals surface area contributed by atoms with Gasteiger partial charge in [0.15, 0.2) is 0 Å². The van der Waals surface area contributed by atoms with Gasteiger partial charge in [0.05, 0.1) is 6.04 Å². The Morgan fingerprint density at radius 1 is 1.12 bits per heavy atom. The van der Waals surface area contributed by atoms with Crippen LogP contribution in [0.5, 0.6) is 5.75 Å². The Bertz CT molecular complexity index is 728. The molecule has 3 rings (SSSR count). The first-order chi connectivity index (χ1) is 12.1. The average Bonchev–Trinajstić information content (AvgIpc) is 2.65. The molecule has 0 fully saturated rings. The summed E-state index contributed by atoms with van der Waals surface area (Å²) in [6.07, 6.45) is 4.52. The van der Waals surface area contributed by atoms with Gasteiger partial charge in [0.1, 0.15) is 12.4 Å². The number of nitrogens with one attached hydrogen (secondary N) is 1. The summed E-state index contributed by atoms with van der Waals surface area (Å²) in [4.78, 5) is 11.2. The van der Waals surface area contributed by atoms with Crippen molar-refractivity contribution in [3.05, 3.63) is 64.7 Å². The zero-order valence-electron chi connectivity index (χ0n) is 14.8. The number of amides is 1. The second kappa shape index (κ2) is 8.17. The predicted octanol–water partition coefficient (Wildman–Crippen LogP) is 3.11. The van der Waals surface area contributed by atoms with E-state index in [9.17, 15) is 4.79 Å². The monoisotopic (exact) mass is 338 g/mol. The molecule has 0 unspecified atom stereocenters. The summed E-state index contributed by atoms with van der Waals surface area (Å²) in [6, 6.07) is 14.1. The maximum atomic E-state index is 11.2. The molecule has 1 aliphatic rings. The first-order valence-electron chi connectivity index (χ1n) is 8.98. The molecule has 0 aliphatic heterocycles. The van der Waals surface area contributed by atoms with Crippen LogP contribution >= 0.6 is 0 Å². The van der Waals surface area contributed by atoms with Crippen molar-refractivity contribution >= 4 is 5.91 Å². The minimum Gasteiger partial charge on any atom is -0.489 e. The fourth-order valence-corrected chi connectivity index (χ4v) is 3.31. The predicted molar refractivity (Wildman–Crippen MR) is 99.4 cm³/mol. The van der Waals surface area contributed by atoms with E-state index in [2.05, 4.69) is 29.6 Å². The highest BCUT2D eigenvalue weighted by Gasteiger charge is 2.18. The van der Waals surface area contributed by atoms with E-state index in [-0.39, 0.29) is 11.9 Å². The molecule has 0 aromatic heterocycles. The molecule has 0 bridgehead atoms. The number of carbonyl (C=O) groups is 1. The normalized spacial score (nSPS) is 14.6. The van der Waals surface area contributed by atoms with E-state index in [0.29, 0.717) is 13.2 Å². The van der Waals surface area contributed by atoms with Gasteiger partial charge in [-0.25, -0.2) is 0 Å². The van der Waals surface area contributed by atoms with Crippen LogP contribution in [0.1, 0.15) is 42.0 Å². The molecule has 1 atom stereocenters. The molecule has 0 spiro atoms. The molecular formula is C21H26N2O2. The van der Waals surface area contributed by atoms with Crippen molar-refractivity contribution in [2.45, 2.75) is 51.8 Å². The van der Waals surface area contributed by atoms with E-state index in [4.69, 9.17) is 10.5 Å². The largest absolute Gasteiger partial charge is 0.489 e. The third-order valence-electron chi connectivity index (χ3n) is 4.85. The zero-order chi connectivity index (χ0) is 17.6. The Balaban J connectivity index is 1.75. The molecule has 0 heterocycles. The van der Waals surface area contributed by atoms with Gasteiger partial charge < -0.3 is 15.8 Å². The highest BCUT2D eigenvalue weighted by molar-refractivity contribution is 5.79. The van der Waals surface area contributed by atoms with Crippen LogP contribution in [0.25, 0.3) is 0 Å². The van der Waals surface area contributed by atoms with Gasteiger partial charge in [-0.2, -0.15) is 0 Å². The van der Waals surface area contributed by atoms with Crippen molar-refractivity contribution in [1.29, 1.82) is 0 Å². The van der Waals surface area contributed by atoms with Crippen molar-refractivity contribution in [2.24, 2.45) is 5.73 Å². The number of fused-ring (bicyclic) bond motifs is 1. The summed E-state index contributed by atoms with van der Waals surface area (Å²) in [5, 5.41) is 3.21. The third kappa shape index (κ3) is 4.40. The van der Waals surface area contributed by atoms with Gasteiger partial charge in [-0.15, -0.1) is 0 Å². The first kappa shape index (κ1) is 17.5. The summed E-state index contributed by atoms with van der Waals surface area (Å²) < 4.78 is 6.11. The van der Waals surface area contributed by atoms with Gasteiger partial charge in [-0.3, -0.25) is 4.79 Å². The third-order valence-corrected chi connectivity index (χ3v) is 4.85. The van der Waals surface area contributed by atoms with Crippen LogP contribution in [0.15, 0.2) is 42.5 Å². The number of rotatable bonds is 7. The standard InChI is InChI=1S/C21H26N2O2/c1-15(21(22)24)23-13-17-11-12-20(19-10-6-5-9-18(17)19)25-14-16-7-3-2-4-8-16/h2-4,7-8,11-12,15,23H,5-6,9-10,13-14H2,1H3,(H2,22,24)/t15-/m0/s1. The van der Waals surface area contributed by atoms with Gasteiger partial charge in [0.2, 0.25) is 5.91 Å². The summed E-state index contributed by atoms with van der Waals surface area (Å²) in [7, 11) is 0. The summed E-state index contributed by atoms with van der Waals surface area (Å²) in [5.74, 6) is 0.668. The number of nitrogens with two attached hydrogens (primary N) is 1. The topological polar surface area (TPSA) is 64.3 Å². The van der Waals surface area contributed by atoms with Crippen molar-refractivity contribution in [3.8, 4) is 5.75 Å². The van der Waals surface area contributed by atoms with Crippen molar-refractivity contribution in [1.82, 2.24) is 5.32 Å². The van der Waals surface area contributed by atoms with E-state index in [0.717, 1.165) is 18.6 Å². The number of carbonyl (C=O) groups excluding carboxylic acids is 1. The van der Waals surface area contributed by atoms with E-state index in [1.165, 1.54) is 35.1 Å². The Labute approximate surface area is 149 Å². The van der Waals surface area contributed by atoms with Gasteiger partial charge >= 0.3 is 0 Å². The quantitative estimate of drug-likeness (QED) is 0.815. The Morgan fingerprint density at radius 3 is 2.56 bits per heavy atom. The number of hydrogen-bond donors (Lipinski definition) is 2. The average molecular weight is 338 g/mol. The van der Waals surface area contributed by atoms with Crippen LogP contribution in [-0.4, -0.2) is 11.9 Å². The fourth-order valence-electron chi connectivity index (χ4n) is 3.31. The number of ether oxygens (including phenoxy) is 1. The van der Waals surface area contributed by atoms with Gasteiger partial charge in [0.25, 0.3) is 0 Å². The summed E-state index contributed by atoms with van der Waals surface area (Å²) >= 11 is 0. The maximum Gasteiger partial charge on any atom is 0.234 e. The number of benzene rings is 2. The number of primary amides is 1. The first-order valence-corrected chi connectivity index (χ1v) is 8.98. The van der Waals surface area contributed by atoms with E-state index >= 15 is 0 Å². The van der Waals surface area contributed by atoms with Crippen LogP contribution in [0.3, 0.4) is 0 Å². The molecule has 1 amide bonds. The molecule has 0 saturated heterocycles. The highest BCUT2D eigenvalue weighted by Crippen LogP contribution is 2.33. The lowest BCUT2D eigenvalue weighted by Gasteiger charge is -2.23. The fraction of sp³-hybridized carbons (Fsp3) is 0.381. The Hall–Kier alpha value is -2.33. The molecule has 2 aromatic rings. The van der Waals surface area contributed by atoms with Crippen LogP contribution in [0.2, 0.25) is 0 Å². The van der Waals surface area contributed by atoms with Gasteiger partial charge in [-0.05, 0) is 60.9 Å². The molecule has 3 N–H and O–H groups in total. The molecular weight excluding hydrogens is 312 g/mol. The molecule has 4 heteroatoms. The second-order valence-corrected chi connectivity index (χ2v) is 6.67. The number of hydrogen-bond acceptors (Lipinski definition) is 3. The molecule has 1 aliphatic carbocycles. The van der Waals surface area contributed by atoms with Crippen molar-refractivity contribution in [2.75, 3.05) is 0 Å². The minimum atomic E-state index is -0.326. The minimum absolute atomic E-state index is 0.323. The summed E-state index contributed by atoms with van der Waals surface area (Å²) in [5.41, 5.74) is 10.5. The van der Waals surface area contributed by atoms with Crippen LogP contribution in [-0.2, 0) is 30.8 Å². The molecule has 0 radical (unpaired) electrons. The molecule has 0 saturated carbocycles. The van der Waals surface area contributed by atoms with Crippen molar-refractivity contribution in [3.63, 3.8) is 0 Å². The van der Waals surface area contributed by atoms with Crippen LogP contribution in [0, 0.1) is 0 Å². The van der Waals surface area contributed by atoms with E-state index < -0.39 is 0 Å². The van der Waals surface area contributed by atoms with Crippen LogP contribution < -0.4 is 15.8 Å². The maximum absolute atomic E-state index is 11.2. The smallest absolute Gasteiger partial charge is 0.234 e. The molecule has 132 valence electrons. The van der Waals surface area contributed by atoms with Crippen molar-refractivity contribution < 1.29 is 9.53 Å². The Morgan fingerprint density at radius 2 is 1.84 bits per heavy atom. The Kier molecular flexibility index (Phi) is 5.71. The molecule has 4 nitrogen and oxygen atoms in total. The van der Waals surface area contributed by atoms with Gasteiger partial charge in [-0.1, -0.05) is 36.4 Å². The van der Waals surface area contributed by atoms with Crippen LogP contribution in [0.4, 0.5) is 0 Å². The second-order valence-electron chi connectivity index (χ2n) is 6.67. The van der Waals surface area contributed by atoms with E-state index in [1.807, 2.05) is 18.2 Å². The lowest BCUT2D eigenvalue weighted by Crippen LogP contribution is -2.38.